The van der Waals surface area contributed by atoms with E-state index in [1.807, 2.05) is 31.2 Å². The largest absolute Gasteiger partial charge is 0.497 e. The van der Waals surface area contributed by atoms with Crippen molar-refractivity contribution in [3.8, 4) is 5.75 Å². The molecule has 0 spiro atoms. The second-order valence-corrected chi connectivity index (χ2v) is 6.85. The Bertz CT molecular complexity index is 677. The highest BCUT2D eigenvalue weighted by Crippen LogP contribution is 2.12. The van der Waals surface area contributed by atoms with Crippen molar-refractivity contribution < 1.29 is 9.47 Å². The average molecular weight is 504 g/mol. The van der Waals surface area contributed by atoms with E-state index in [1.54, 1.807) is 25.5 Å². The summed E-state index contributed by atoms with van der Waals surface area (Å²) >= 11 is 1.69. The number of methoxy groups -OCH3 is 1. The Balaban J connectivity index is 0.00000364. The summed E-state index contributed by atoms with van der Waals surface area (Å²) in [6.45, 7) is 4.98. The van der Waals surface area contributed by atoms with Crippen LogP contribution in [0, 0.1) is 6.92 Å². The molecular weight excluding hydrogens is 475 g/mol. The molecule has 2 N–H and O–H groups in total. The summed E-state index contributed by atoms with van der Waals surface area (Å²) in [5, 5.41) is 9.82. The summed E-state index contributed by atoms with van der Waals surface area (Å²) in [7, 11) is 3.45. The maximum absolute atomic E-state index is 5.70. The first kappa shape index (κ1) is 23.6. The quantitative estimate of drug-likeness (QED) is 0.225. The van der Waals surface area contributed by atoms with Crippen LogP contribution < -0.4 is 15.4 Å². The highest BCUT2D eigenvalue weighted by molar-refractivity contribution is 14.0. The molecule has 0 atom stereocenters. The first-order valence-electron chi connectivity index (χ1n) is 8.77. The van der Waals surface area contributed by atoms with Gasteiger partial charge in [0.1, 0.15) is 5.75 Å². The van der Waals surface area contributed by atoms with Gasteiger partial charge in [-0.3, -0.25) is 4.99 Å². The van der Waals surface area contributed by atoms with Crippen LogP contribution in [0.1, 0.15) is 22.7 Å². The number of halogens is 1. The standard InChI is InChI=1S/C19H28N4O2S.HI/c1-15-23-17(14-26-15)9-11-22-19(20-2)21-10-4-12-25-13-16-5-7-18(24-3)8-6-16;/h5-8,14H,4,9-13H2,1-3H3,(H2,20,21,22);1H. The molecule has 1 heterocycles. The number of hydrogen-bond donors (Lipinski definition) is 2. The lowest BCUT2D eigenvalue weighted by Crippen LogP contribution is -2.39. The van der Waals surface area contributed by atoms with Gasteiger partial charge in [0.2, 0.25) is 0 Å². The van der Waals surface area contributed by atoms with Crippen LogP contribution in [0.4, 0.5) is 0 Å². The summed E-state index contributed by atoms with van der Waals surface area (Å²) in [5.41, 5.74) is 2.27. The van der Waals surface area contributed by atoms with E-state index in [1.165, 1.54) is 0 Å². The summed E-state index contributed by atoms with van der Waals surface area (Å²) in [5.74, 6) is 1.67. The van der Waals surface area contributed by atoms with Crippen LogP contribution in [0.2, 0.25) is 0 Å². The number of nitrogens with one attached hydrogen (secondary N) is 2. The van der Waals surface area contributed by atoms with Gasteiger partial charge in [-0.1, -0.05) is 12.1 Å². The minimum Gasteiger partial charge on any atom is -0.497 e. The van der Waals surface area contributed by atoms with E-state index in [2.05, 4.69) is 26.0 Å². The number of ether oxygens (including phenoxy) is 2. The second-order valence-electron chi connectivity index (χ2n) is 5.79. The zero-order valence-corrected chi connectivity index (χ0v) is 19.3. The van der Waals surface area contributed by atoms with Gasteiger partial charge in [-0.15, -0.1) is 35.3 Å². The molecular formula is C19H29IN4O2S. The van der Waals surface area contributed by atoms with Gasteiger partial charge in [-0.05, 0) is 31.0 Å². The van der Waals surface area contributed by atoms with E-state index in [-0.39, 0.29) is 24.0 Å². The predicted octanol–water partition coefficient (Wildman–Crippen LogP) is 3.39. The van der Waals surface area contributed by atoms with Crippen molar-refractivity contribution in [3.63, 3.8) is 0 Å². The van der Waals surface area contributed by atoms with Crippen molar-refractivity contribution in [2.75, 3.05) is 33.9 Å². The highest BCUT2D eigenvalue weighted by atomic mass is 127. The van der Waals surface area contributed by atoms with Crippen LogP contribution in [0.25, 0.3) is 0 Å². The fourth-order valence-electron chi connectivity index (χ4n) is 2.35. The first-order chi connectivity index (χ1) is 12.7. The van der Waals surface area contributed by atoms with Gasteiger partial charge < -0.3 is 20.1 Å². The molecule has 0 aliphatic carbocycles. The fraction of sp³-hybridized carbons (Fsp3) is 0.474. The van der Waals surface area contributed by atoms with Crippen LogP contribution in [0.15, 0.2) is 34.6 Å². The van der Waals surface area contributed by atoms with E-state index in [0.29, 0.717) is 13.2 Å². The molecule has 0 amide bonds. The Morgan fingerprint density at radius 2 is 1.93 bits per heavy atom. The second kappa shape index (κ2) is 13.7. The molecule has 8 heteroatoms. The molecule has 0 aliphatic rings. The zero-order chi connectivity index (χ0) is 18.6. The number of aliphatic imine (C=N–C) groups is 1. The van der Waals surface area contributed by atoms with E-state index >= 15 is 0 Å². The molecule has 1 aromatic heterocycles. The smallest absolute Gasteiger partial charge is 0.190 e. The van der Waals surface area contributed by atoms with Crippen LogP contribution >= 0.6 is 35.3 Å². The van der Waals surface area contributed by atoms with Crippen molar-refractivity contribution in [2.45, 2.75) is 26.4 Å². The highest BCUT2D eigenvalue weighted by Gasteiger charge is 2.01. The minimum absolute atomic E-state index is 0. The first-order valence-corrected chi connectivity index (χ1v) is 9.65. The Kier molecular flexibility index (Phi) is 12.0. The van der Waals surface area contributed by atoms with Gasteiger partial charge in [-0.25, -0.2) is 4.98 Å². The molecule has 150 valence electrons. The number of aromatic nitrogens is 1. The zero-order valence-electron chi connectivity index (χ0n) is 16.2. The summed E-state index contributed by atoms with van der Waals surface area (Å²) in [4.78, 5) is 8.69. The Morgan fingerprint density at radius 1 is 1.19 bits per heavy atom. The predicted molar refractivity (Wildman–Crippen MR) is 123 cm³/mol. The average Bonchev–Trinajstić information content (AvgIpc) is 3.08. The van der Waals surface area contributed by atoms with Gasteiger partial charge in [-0.2, -0.15) is 0 Å². The molecule has 0 unspecified atom stereocenters. The lowest BCUT2D eigenvalue weighted by Gasteiger charge is -2.11. The van der Waals surface area contributed by atoms with Crippen molar-refractivity contribution in [1.29, 1.82) is 0 Å². The monoisotopic (exact) mass is 504 g/mol. The van der Waals surface area contributed by atoms with Crippen LogP contribution in [0.3, 0.4) is 0 Å². The number of rotatable bonds is 10. The Labute approximate surface area is 182 Å². The lowest BCUT2D eigenvalue weighted by molar-refractivity contribution is 0.119. The van der Waals surface area contributed by atoms with Crippen molar-refractivity contribution in [3.05, 3.63) is 45.9 Å². The van der Waals surface area contributed by atoms with Gasteiger partial charge in [0, 0.05) is 38.5 Å². The maximum atomic E-state index is 5.70. The summed E-state index contributed by atoms with van der Waals surface area (Å²) < 4.78 is 10.8. The van der Waals surface area contributed by atoms with E-state index in [0.717, 1.165) is 53.9 Å². The number of thiazole rings is 1. The molecule has 2 rings (SSSR count). The van der Waals surface area contributed by atoms with E-state index < -0.39 is 0 Å². The molecule has 0 radical (unpaired) electrons. The van der Waals surface area contributed by atoms with Gasteiger partial charge in [0.25, 0.3) is 0 Å². The normalized spacial score (nSPS) is 11.0. The van der Waals surface area contributed by atoms with Crippen LogP contribution in [0.5, 0.6) is 5.75 Å². The third-order valence-corrected chi connectivity index (χ3v) is 4.57. The molecule has 0 bridgehead atoms. The molecule has 27 heavy (non-hydrogen) atoms. The molecule has 2 aromatic rings. The lowest BCUT2D eigenvalue weighted by atomic mass is 10.2. The molecule has 6 nitrogen and oxygen atoms in total. The maximum Gasteiger partial charge on any atom is 0.190 e. The number of guanidine groups is 1. The van der Waals surface area contributed by atoms with Crippen LogP contribution in [-0.2, 0) is 17.8 Å². The topological polar surface area (TPSA) is 67.8 Å². The van der Waals surface area contributed by atoms with Gasteiger partial charge >= 0.3 is 0 Å². The third-order valence-electron chi connectivity index (χ3n) is 3.75. The minimum atomic E-state index is 0. The van der Waals surface area contributed by atoms with Crippen molar-refractivity contribution in [2.24, 2.45) is 4.99 Å². The van der Waals surface area contributed by atoms with Gasteiger partial charge in [0.15, 0.2) is 5.96 Å². The molecule has 0 saturated carbocycles. The summed E-state index contributed by atoms with van der Waals surface area (Å²) in [6, 6.07) is 7.94. The SMILES string of the molecule is CN=C(NCCCOCc1ccc(OC)cc1)NCCc1csc(C)n1.I. The number of hydrogen-bond acceptors (Lipinski definition) is 5. The van der Waals surface area contributed by atoms with Gasteiger partial charge in [0.05, 0.1) is 24.4 Å². The van der Waals surface area contributed by atoms with E-state index in [4.69, 9.17) is 9.47 Å². The fourth-order valence-corrected chi connectivity index (χ4v) is 2.99. The molecule has 1 aromatic carbocycles. The third kappa shape index (κ3) is 9.39. The van der Waals surface area contributed by atoms with Crippen molar-refractivity contribution >= 4 is 41.3 Å². The Morgan fingerprint density at radius 3 is 2.56 bits per heavy atom. The number of aryl methyl sites for hydroxylation is 1. The summed E-state index contributed by atoms with van der Waals surface area (Å²) in [6.07, 6.45) is 1.82. The van der Waals surface area contributed by atoms with Crippen LogP contribution in [-0.4, -0.2) is 44.8 Å². The van der Waals surface area contributed by atoms with Crippen molar-refractivity contribution in [1.82, 2.24) is 15.6 Å². The number of benzene rings is 1. The Hall–Kier alpha value is -1.39. The molecule has 0 aliphatic heterocycles. The number of nitrogens with zero attached hydrogens (tertiary/aromatic N) is 2. The molecule has 0 saturated heterocycles. The molecule has 0 fully saturated rings. The van der Waals surface area contributed by atoms with E-state index in [9.17, 15) is 0 Å².